The van der Waals surface area contributed by atoms with Gasteiger partial charge in [-0.25, -0.2) is 0 Å². The Kier molecular flexibility index (Phi) is 3.30. The molecule has 0 spiro atoms. The fraction of sp³-hybridized carbons (Fsp3) is 0.500. The lowest BCUT2D eigenvalue weighted by Crippen LogP contribution is -2.48. The van der Waals surface area contributed by atoms with E-state index in [1.165, 1.54) is 0 Å². The largest absolute Gasteiger partial charge is 0.398 e. The topological polar surface area (TPSA) is 55.6 Å². The van der Waals surface area contributed by atoms with E-state index in [9.17, 15) is 4.79 Å². The molecule has 0 aromatic heterocycles. The molecule has 1 aromatic rings. The van der Waals surface area contributed by atoms with E-state index in [4.69, 9.17) is 10.5 Å². The molecular formula is C14H20N2O2. The number of benzene rings is 1. The SMILES string of the molecule is COC(C)(C)C(=O)N1CCCc2c(N)cccc21. The molecule has 0 radical (unpaired) electrons. The minimum atomic E-state index is -0.806. The van der Waals surface area contributed by atoms with Crippen molar-refractivity contribution in [2.24, 2.45) is 0 Å². The molecule has 0 unspecified atom stereocenters. The smallest absolute Gasteiger partial charge is 0.258 e. The Morgan fingerprint density at radius 1 is 1.44 bits per heavy atom. The molecule has 0 atom stereocenters. The van der Waals surface area contributed by atoms with Gasteiger partial charge in [0.1, 0.15) is 5.60 Å². The van der Waals surface area contributed by atoms with Crippen LogP contribution < -0.4 is 10.6 Å². The van der Waals surface area contributed by atoms with Gasteiger partial charge in [-0.15, -0.1) is 0 Å². The molecule has 1 aliphatic rings. The van der Waals surface area contributed by atoms with Crippen LogP contribution in [0.25, 0.3) is 0 Å². The van der Waals surface area contributed by atoms with Gasteiger partial charge in [0.05, 0.1) is 0 Å². The van der Waals surface area contributed by atoms with Crippen molar-refractivity contribution in [2.45, 2.75) is 32.3 Å². The highest BCUT2D eigenvalue weighted by atomic mass is 16.5. The molecule has 4 heteroatoms. The highest BCUT2D eigenvalue weighted by Gasteiger charge is 2.34. The summed E-state index contributed by atoms with van der Waals surface area (Å²) in [4.78, 5) is 14.3. The van der Waals surface area contributed by atoms with Gasteiger partial charge in [-0.2, -0.15) is 0 Å². The highest BCUT2D eigenvalue weighted by molar-refractivity contribution is 6.00. The van der Waals surface area contributed by atoms with E-state index in [0.717, 1.165) is 36.3 Å². The number of fused-ring (bicyclic) bond motifs is 1. The molecule has 1 heterocycles. The normalized spacial score (nSPS) is 15.4. The first-order valence-electron chi connectivity index (χ1n) is 6.22. The third-order valence-electron chi connectivity index (χ3n) is 3.56. The molecule has 2 rings (SSSR count). The van der Waals surface area contributed by atoms with E-state index < -0.39 is 5.60 Å². The number of hydrogen-bond acceptors (Lipinski definition) is 3. The number of ether oxygens (including phenoxy) is 1. The minimum Gasteiger partial charge on any atom is -0.398 e. The van der Waals surface area contributed by atoms with Crippen molar-refractivity contribution in [3.8, 4) is 0 Å². The first kappa shape index (κ1) is 12.9. The average molecular weight is 248 g/mol. The number of nitrogen functional groups attached to an aromatic ring is 1. The number of rotatable bonds is 2. The summed E-state index contributed by atoms with van der Waals surface area (Å²) < 4.78 is 5.28. The van der Waals surface area contributed by atoms with Crippen LogP contribution >= 0.6 is 0 Å². The average Bonchev–Trinajstić information content (AvgIpc) is 2.38. The second kappa shape index (κ2) is 4.61. The quantitative estimate of drug-likeness (QED) is 0.814. The maximum atomic E-state index is 12.5. The minimum absolute atomic E-state index is 0.0171. The molecule has 0 aliphatic carbocycles. The zero-order valence-electron chi connectivity index (χ0n) is 11.2. The molecule has 4 nitrogen and oxygen atoms in total. The molecule has 1 aromatic carbocycles. The Bertz CT molecular complexity index is 469. The molecule has 0 bridgehead atoms. The van der Waals surface area contributed by atoms with Gasteiger partial charge in [0.15, 0.2) is 0 Å². The van der Waals surface area contributed by atoms with Crippen LogP contribution in [0, 0.1) is 0 Å². The van der Waals surface area contributed by atoms with Gasteiger partial charge in [-0.05, 0) is 44.4 Å². The third kappa shape index (κ3) is 2.08. The van der Waals surface area contributed by atoms with E-state index >= 15 is 0 Å². The van der Waals surface area contributed by atoms with Crippen LogP contribution in [0.3, 0.4) is 0 Å². The Balaban J connectivity index is 2.39. The number of hydrogen-bond donors (Lipinski definition) is 1. The predicted molar refractivity (Wildman–Crippen MR) is 72.6 cm³/mol. The van der Waals surface area contributed by atoms with Crippen molar-refractivity contribution in [1.82, 2.24) is 0 Å². The van der Waals surface area contributed by atoms with Gasteiger partial charge in [0, 0.05) is 25.0 Å². The van der Waals surface area contributed by atoms with Crippen LogP contribution in [0.15, 0.2) is 18.2 Å². The molecule has 0 saturated heterocycles. The van der Waals surface area contributed by atoms with Crippen molar-refractivity contribution in [3.63, 3.8) is 0 Å². The fourth-order valence-corrected chi connectivity index (χ4v) is 2.27. The number of nitrogens with two attached hydrogens (primary N) is 1. The highest BCUT2D eigenvalue weighted by Crippen LogP contribution is 2.32. The van der Waals surface area contributed by atoms with E-state index in [0.29, 0.717) is 0 Å². The molecule has 1 amide bonds. The number of amides is 1. The summed E-state index contributed by atoms with van der Waals surface area (Å²) >= 11 is 0. The Labute approximate surface area is 108 Å². The second-order valence-corrected chi connectivity index (χ2v) is 5.12. The van der Waals surface area contributed by atoms with Crippen LogP contribution in [-0.2, 0) is 16.0 Å². The summed E-state index contributed by atoms with van der Waals surface area (Å²) in [5.74, 6) is -0.0171. The Morgan fingerprint density at radius 2 is 2.17 bits per heavy atom. The fourth-order valence-electron chi connectivity index (χ4n) is 2.27. The lowest BCUT2D eigenvalue weighted by atomic mass is 9.97. The van der Waals surface area contributed by atoms with E-state index in [1.54, 1.807) is 25.9 Å². The van der Waals surface area contributed by atoms with Gasteiger partial charge in [0.25, 0.3) is 5.91 Å². The van der Waals surface area contributed by atoms with Crippen LogP contribution in [0.5, 0.6) is 0 Å². The first-order valence-corrected chi connectivity index (χ1v) is 6.22. The maximum Gasteiger partial charge on any atom is 0.258 e. The van der Waals surface area contributed by atoms with E-state index in [1.807, 2.05) is 18.2 Å². The third-order valence-corrected chi connectivity index (χ3v) is 3.56. The Morgan fingerprint density at radius 3 is 2.83 bits per heavy atom. The summed E-state index contributed by atoms with van der Waals surface area (Å²) in [6.07, 6.45) is 1.87. The first-order chi connectivity index (χ1) is 8.47. The van der Waals surface area contributed by atoms with Crippen LogP contribution in [0.1, 0.15) is 25.8 Å². The van der Waals surface area contributed by atoms with Crippen molar-refractivity contribution in [2.75, 3.05) is 24.3 Å². The molecule has 2 N–H and O–H groups in total. The van der Waals surface area contributed by atoms with Crippen molar-refractivity contribution in [3.05, 3.63) is 23.8 Å². The van der Waals surface area contributed by atoms with E-state index in [-0.39, 0.29) is 5.91 Å². The molecule has 0 fully saturated rings. The number of methoxy groups -OCH3 is 1. The number of carbonyl (C=O) groups excluding carboxylic acids is 1. The van der Waals surface area contributed by atoms with Gasteiger partial charge in [0.2, 0.25) is 0 Å². The predicted octanol–water partition coefficient (Wildman–Crippen LogP) is 1.97. The summed E-state index contributed by atoms with van der Waals surface area (Å²) in [5, 5.41) is 0. The van der Waals surface area contributed by atoms with Crippen molar-refractivity contribution in [1.29, 1.82) is 0 Å². The van der Waals surface area contributed by atoms with Crippen molar-refractivity contribution >= 4 is 17.3 Å². The zero-order valence-corrected chi connectivity index (χ0v) is 11.2. The molecule has 1 aliphatic heterocycles. The standard InChI is InChI=1S/C14H20N2O2/c1-14(2,18-3)13(17)16-9-5-6-10-11(15)7-4-8-12(10)16/h4,7-8H,5-6,9,15H2,1-3H3. The molecular weight excluding hydrogens is 228 g/mol. The second-order valence-electron chi connectivity index (χ2n) is 5.12. The summed E-state index contributed by atoms with van der Waals surface area (Å²) in [5.41, 5.74) is 7.93. The summed E-state index contributed by atoms with van der Waals surface area (Å²) in [6.45, 7) is 4.30. The van der Waals surface area contributed by atoms with E-state index in [2.05, 4.69) is 0 Å². The number of nitrogens with zero attached hydrogens (tertiary/aromatic N) is 1. The number of carbonyl (C=O) groups is 1. The zero-order chi connectivity index (χ0) is 13.3. The van der Waals surface area contributed by atoms with Gasteiger partial charge in [-0.3, -0.25) is 4.79 Å². The summed E-state index contributed by atoms with van der Waals surface area (Å²) in [6, 6.07) is 5.72. The van der Waals surface area contributed by atoms with Crippen molar-refractivity contribution < 1.29 is 9.53 Å². The lowest BCUT2D eigenvalue weighted by Gasteiger charge is -2.35. The van der Waals surface area contributed by atoms with Gasteiger partial charge >= 0.3 is 0 Å². The van der Waals surface area contributed by atoms with Crippen LogP contribution in [0.2, 0.25) is 0 Å². The number of anilines is 2. The van der Waals surface area contributed by atoms with Crippen LogP contribution in [0.4, 0.5) is 11.4 Å². The van der Waals surface area contributed by atoms with Gasteiger partial charge < -0.3 is 15.4 Å². The Hall–Kier alpha value is -1.55. The van der Waals surface area contributed by atoms with Gasteiger partial charge in [-0.1, -0.05) is 6.07 Å². The molecule has 98 valence electrons. The maximum absolute atomic E-state index is 12.5. The monoisotopic (exact) mass is 248 g/mol. The van der Waals surface area contributed by atoms with Crippen LogP contribution in [-0.4, -0.2) is 25.2 Å². The molecule has 18 heavy (non-hydrogen) atoms. The summed E-state index contributed by atoms with van der Waals surface area (Å²) in [7, 11) is 1.56. The molecule has 0 saturated carbocycles. The lowest BCUT2D eigenvalue weighted by molar-refractivity contribution is -0.136.